The number of H-pyrrole nitrogens is 1. The van der Waals surface area contributed by atoms with Crippen LogP contribution in [0.4, 0.5) is 5.82 Å². The van der Waals surface area contributed by atoms with E-state index in [2.05, 4.69) is 52.6 Å². The predicted octanol–water partition coefficient (Wildman–Crippen LogP) is 5.33. The summed E-state index contributed by atoms with van der Waals surface area (Å²) in [5.41, 5.74) is 3.65. The van der Waals surface area contributed by atoms with E-state index in [1.165, 1.54) is 5.56 Å². The van der Waals surface area contributed by atoms with Gasteiger partial charge in [0.15, 0.2) is 5.82 Å². The summed E-state index contributed by atoms with van der Waals surface area (Å²) in [7, 11) is 1.95. The number of rotatable bonds is 6. The molecule has 2 atom stereocenters. The van der Waals surface area contributed by atoms with E-state index in [4.69, 9.17) is 14.7 Å². The molecule has 3 heterocycles. The van der Waals surface area contributed by atoms with Crippen molar-refractivity contribution in [2.75, 3.05) is 5.32 Å². The van der Waals surface area contributed by atoms with Crippen LogP contribution in [0.3, 0.4) is 0 Å². The maximum absolute atomic E-state index is 6.02. The first-order valence-corrected chi connectivity index (χ1v) is 12.0. The number of aryl methyl sites for hydroxylation is 1. The van der Waals surface area contributed by atoms with Crippen LogP contribution in [-0.2, 0) is 13.7 Å². The van der Waals surface area contributed by atoms with Crippen LogP contribution in [0.5, 0.6) is 5.75 Å². The van der Waals surface area contributed by atoms with Crippen LogP contribution in [-0.4, -0.2) is 35.3 Å². The van der Waals surface area contributed by atoms with E-state index in [1.54, 1.807) is 6.20 Å². The Morgan fingerprint density at radius 3 is 2.89 bits per heavy atom. The number of nitrogens with zero attached hydrogens (tertiary/aromatic N) is 5. The molecule has 2 N–H and O–H groups in total. The molecule has 0 saturated heterocycles. The van der Waals surface area contributed by atoms with Gasteiger partial charge in [0.05, 0.1) is 22.9 Å². The van der Waals surface area contributed by atoms with Crippen molar-refractivity contribution in [3.63, 3.8) is 0 Å². The van der Waals surface area contributed by atoms with Crippen LogP contribution in [0.15, 0.2) is 73.2 Å². The van der Waals surface area contributed by atoms with E-state index in [1.807, 2.05) is 66.5 Å². The van der Waals surface area contributed by atoms with Gasteiger partial charge >= 0.3 is 0 Å². The van der Waals surface area contributed by atoms with Crippen LogP contribution in [0.2, 0.25) is 0 Å². The number of benzene rings is 2. The highest BCUT2D eigenvalue weighted by Gasteiger charge is 2.35. The van der Waals surface area contributed by atoms with Crippen molar-refractivity contribution < 1.29 is 4.74 Å². The summed E-state index contributed by atoms with van der Waals surface area (Å²) in [5.74, 6) is 3.22. The highest BCUT2D eigenvalue weighted by Crippen LogP contribution is 2.39. The molecular weight excluding hydrogens is 450 g/mol. The fourth-order valence-electron chi connectivity index (χ4n) is 4.62. The van der Waals surface area contributed by atoms with Crippen molar-refractivity contribution in [1.29, 1.82) is 0 Å². The van der Waals surface area contributed by atoms with Gasteiger partial charge in [-0.05, 0) is 37.3 Å². The number of aromatic amines is 1. The van der Waals surface area contributed by atoms with Crippen molar-refractivity contribution in [1.82, 2.24) is 29.7 Å². The number of ether oxygens (including phenoxy) is 1. The van der Waals surface area contributed by atoms with Gasteiger partial charge in [0.25, 0.3) is 0 Å². The average molecular weight is 478 g/mol. The number of anilines is 1. The lowest BCUT2D eigenvalue weighted by molar-refractivity contribution is 0.292. The van der Waals surface area contributed by atoms with Gasteiger partial charge in [-0.15, -0.1) is 0 Å². The second-order valence-electron chi connectivity index (χ2n) is 9.39. The molecule has 6 rings (SSSR count). The Morgan fingerprint density at radius 2 is 2.03 bits per heavy atom. The Hall–Kier alpha value is -4.46. The molecule has 180 valence electrons. The van der Waals surface area contributed by atoms with E-state index in [0.29, 0.717) is 12.4 Å². The first-order chi connectivity index (χ1) is 17.5. The van der Waals surface area contributed by atoms with E-state index in [-0.39, 0.29) is 11.5 Å². The summed E-state index contributed by atoms with van der Waals surface area (Å²) in [6.45, 7) is 4.78. The van der Waals surface area contributed by atoms with Crippen LogP contribution < -0.4 is 10.1 Å². The SMILES string of the molecule is CC1c2cn[nH]c2C=CC1(C)Nc1nc(-c2cccc(OCc3nccn3C)c2)nc2ccccc12. The third-order valence-corrected chi connectivity index (χ3v) is 7.03. The maximum Gasteiger partial charge on any atom is 0.162 e. The normalized spacial score (nSPS) is 18.8. The third kappa shape index (κ3) is 3.90. The molecule has 0 amide bonds. The molecule has 0 bridgehead atoms. The molecule has 2 unspecified atom stereocenters. The first-order valence-electron chi connectivity index (χ1n) is 12.0. The molecule has 8 nitrogen and oxygen atoms in total. The van der Waals surface area contributed by atoms with Crippen LogP contribution in [0.25, 0.3) is 28.4 Å². The summed E-state index contributed by atoms with van der Waals surface area (Å²) >= 11 is 0. The number of para-hydroxylation sites is 1. The minimum Gasteiger partial charge on any atom is -0.486 e. The smallest absolute Gasteiger partial charge is 0.162 e. The monoisotopic (exact) mass is 477 g/mol. The average Bonchev–Trinajstić information content (AvgIpc) is 3.54. The van der Waals surface area contributed by atoms with E-state index in [9.17, 15) is 0 Å². The number of fused-ring (bicyclic) bond motifs is 2. The fourth-order valence-corrected chi connectivity index (χ4v) is 4.62. The van der Waals surface area contributed by atoms with Gasteiger partial charge in [-0.25, -0.2) is 15.0 Å². The summed E-state index contributed by atoms with van der Waals surface area (Å²) in [4.78, 5) is 14.2. The standard InChI is InChI=1S/C28H27N7O/c1-18-22-16-30-34-24(22)11-12-28(18,2)33-27-21-9-4-5-10-23(21)31-26(32-27)19-7-6-8-20(15-19)36-17-25-29-13-14-35(25)3/h4-16,18H,17H2,1-3H3,(H,30,34)(H,31,32,33). The Bertz CT molecular complexity index is 1580. The molecule has 36 heavy (non-hydrogen) atoms. The molecule has 5 aromatic rings. The van der Waals surface area contributed by atoms with Crippen LogP contribution in [0.1, 0.15) is 36.8 Å². The molecule has 0 aliphatic heterocycles. The molecule has 0 fully saturated rings. The molecule has 1 aliphatic carbocycles. The first kappa shape index (κ1) is 22.0. The van der Waals surface area contributed by atoms with E-state index >= 15 is 0 Å². The van der Waals surface area contributed by atoms with Gasteiger partial charge < -0.3 is 14.6 Å². The summed E-state index contributed by atoms with van der Waals surface area (Å²) in [6.07, 6.45) is 9.85. The van der Waals surface area contributed by atoms with E-state index < -0.39 is 0 Å². The van der Waals surface area contributed by atoms with Crippen LogP contribution >= 0.6 is 0 Å². The minimum absolute atomic E-state index is 0.191. The van der Waals surface area contributed by atoms with E-state index in [0.717, 1.165) is 39.6 Å². The van der Waals surface area contributed by atoms with Gasteiger partial charge in [-0.1, -0.05) is 37.3 Å². The summed E-state index contributed by atoms with van der Waals surface area (Å²) in [6, 6.07) is 16.0. The molecule has 2 aromatic carbocycles. The van der Waals surface area contributed by atoms with Crippen molar-refractivity contribution in [3.8, 4) is 17.1 Å². The van der Waals surface area contributed by atoms with Crippen LogP contribution in [0, 0.1) is 0 Å². The zero-order valence-electron chi connectivity index (χ0n) is 20.4. The van der Waals surface area contributed by atoms with Gasteiger partial charge in [-0.3, -0.25) is 5.10 Å². The lowest BCUT2D eigenvalue weighted by atomic mass is 9.78. The zero-order valence-corrected chi connectivity index (χ0v) is 20.4. The molecule has 0 radical (unpaired) electrons. The van der Waals surface area contributed by atoms with Crippen molar-refractivity contribution in [2.45, 2.75) is 31.9 Å². The molecule has 1 aliphatic rings. The lowest BCUT2D eigenvalue weighted by Gasteiger charge is -2.37. The molecular formula is C28H27N7O. The van der Waals surface area contributed by atoms with Crippen molar-refractivity contribution in [3.05, 3.63) is 90.3 Å². The van der Waals surface area contributed by atoms with Crippen molar-refractivity contribution >= 4 is 22.8 Å². The van der Waals surface area contributed by atoms with Gasteiger partial charge in [0.1, 0.15) is 24.0 Å². The number of aromatic nitrogens is 6. The van der Waals surface area contributed by atoms with Gasteiger partial charge in [0, 0.05) is 41.9 Å². The molecule has 0 spiro atoms. The summed E-state index contributed by atoms with van der Waals surface area (Å²) in [5, 5.41) is 12.0. The fraction of sp³-hybridized carbons (Fsp3) is 0.214. The third-order valence-electron chi connectivity index (χ3n) is 7.03. The number of hydrogen-bond donors (Lipinski definition) is 2. The number of imidazole rings is 1. The Labute approximate surface area is 209 Å². The minimum atomic E-state index is -0.349. The largest absolute Gasteiger partial charge is 0.486 e. The molecule has 3 aromatic heterocycles. The van der Waals surface area contributed by atoms with Gasteiger partial charge in [-0.2, -0.15) is 5.10 Å². The second-order valence-corrected chi connectivity index (χ2v) is 9.39. The predicted molar refractivity (Wildman–Crippen MR) is 141 cm³/mol. The highest BCUT2D eigenvalue weighted by atomic mass is 16.5. The Morgan fingerprint density at radius 1 is 1.14 bits per heavy atom. The summed E-state index contributed by atoms with van der Waals surface area (Å²) < 4.78 is 7.96. The Balaban J connectivity index is 1.35. The topological polar surface area (TPSA) is 93.5 Å². The maximum atomic E-state index is 6.02. The molecule has 8 heteroatoms. The quantitative estimate of drug-likeness (QED) is 0.343. The highest BCUT2D eigenvalue weighted by molar-refractivity contribution is 5.91. The van der Waals surface area contributed by atoms with Gasteiger partial charge in [0.2, 0.25) is 0 Å². The van der Waals surface area contributed by atoms with Crippen molar-refractivity contribution in [2.24, 2.45) is 7.05 Å². The number of hydrogen-bond acceptors (Lipinski definition) is 6. The zero-order chi connectivity index (χ0) is 24.7. The lowest BCUT2D eigenvalue weighted by Crippen LogP contribution is -2.40. The Kier molecular flexibility index (Phi) is 5.29. The second kappa shape index (κ2) is 8.64. The number of nitrogens with one attached hydrogen (secondary N) is 2. The molecule has 0 saturated carbocycles.